The van der Waals surface area contributed by atoms with E-state index in [0.29, 0.717) is 30.3 Å². The van der Waals surface area contributed by atoms with Gasteiger partial charge in [-0.05, 0) is 19.1 Å². The van der Waals surface area contributed by atoms with E-state index in [1.807, 2.05) is 23.1 Å². The van der Waals surface area contributed by atoms with E-state index in [9.17, 15) is 4.79 Å². The molecule has 0 spiro atoms. The Morgan fingerprint density at radius 1 is 1.50 bits per heavy atom. The molecule has 116 valence electrons. The van der Waals surface area contributed by atoms with Crippen molar-refractivity contribution in [1.29, 1.82) is 0 Å². The molecule has 2 aromatic heterocycles. The van der Waals surface area contributed by atoms with Gasteiger partial charge in [0, 0.05) is 44.7 Å². The smallest absolute Gasteiger partial charge is 0.227 e. The second kappa shape index (κ2) is 6.65. The minimum Gasteiger partial charge on any atom is -0.339 e. The number of nitrogens with zero attached hydrogens (tertiary/aromatic N) is 4. The lowest BCUT2D eigenvalue weighted by Gasteiger charge is -2.34. The van der Waals surface area contributed by atoms with Crippen LogP contribution in [0, 0.1) is 0 Å². The van der Waals surface area contributed by atoms with Crippen LogP contribution < -0.4 is 5.32 Å². The second-order valence-corrected chi connectivity index (χ2v) is 5.37. The molecule has 2 aromatic rings. The number of amides is 1. The minimum absolute atomic E-state index is 0.131. The lowest BCUT2D eigenvalue weighted by Crippen LogP contribution is -2.52. The Kier molecular flexibility index (Phi) is 4.43. The van der Waals surface area contributed by atoms with Crippen molar-refractivity contribution >= 4 is 5.91 Å². The quantitative estimate of drug-likeness (QED) is 0.902. The fourth-order valence-corrected chi connectivity index (χ4v) is 2.52. The zero-order valence-electron chi connectivity index (χ0n) is 12.5. The molecule has 7 nitrogen and oxygen atoms in total. The highest BCUT2D eigenvalue weighted by Gasteiger charge is 2.23. The number of aromatic nitrogens is 3. The zero-order chi connectivity index (χ0) is 15.4. The number of carbonyl (C=O) groups excluding carboxylic acids is 1. The van der Waals surface area contributed by atoms with Gasteiger partial charge in [0.25, 0.3) is 0 Å². The number of hydrogen-bond donors (Lipinski definition) is 1. The molecule has 1 unspecified atom stereocenters. The van der Waals surface area contributed by atoms with E-state index in [1.165, 1.54) is 0 Å². The van der Waals surface area contributed by atoms with Gasteiger partial charge in [0.15, 0.2) is 0 Å². The maximum absolute atomic E-state index is 12.3. The third-order valence-electron chi connectivity index (χ3n) is 3.74. The highest BCUT2D eigenvalue weighted by Crippen LogP contribution is 2.13. The largest absolute Gasteiger partial charge is 0.339 e. The van der Waals surface area contributed by atoms with E-state index in [1.54, 1.807) is 6.20 Å². The first-order chi connectivity index (χ1) is 10.7. The summed E-state index contributed by atoms with van der Waals surface area (Å²) in [5.74, 6) is 1.06. The Morgan fingerprint density at radius 2 is 2.41 bits per heavy atom. The van der Waals surface area contributed by atoms with E-state index in [4.69, 9.17) is 4.52 Å². The average Bonchev–Trinajstić information content (AvgIpc) is 3.03. The summed E-state index contributed by atoms with van der Waals surface area (Å²) >= 11 is 0. The summed E-state index contributed by atoms with van der Waals surface area (Å²) < 4.78 is 5.20. The van der Waals surface area contributed by atoms with Crippen LogP contribution in [0.1, 0.15) is 19.2 Å². The minimum atomic E-state index is 0.131. The third-order valence-corrected chi connectivity index (χ3v) is 3.74. The molecule has 1 aliphatic rings. The monoisotopic (exact) mass is 301 g/mol. The summed E-state index contributed by atoms with van der Waals surface area (Å²) in [4.78, 5) is 22.6. The Labute approximate surface area is 128 Å². The lowest BCUT2D eigenvalue weighted by atomic mass is 10.2. The van der Waals surface area contributed by atoms with Crippen molar-refractivity contribution in [3.63, 3.8) is 0 Å². The first-order valence-electron chi connectivity index (χ1n) is 7.48. The topological polar surface area (TPSA) is 84.2 Å². The van der Waals surface area contributed by atoms with Crippen LogP contribution in [0.2, 0.25) is 0 Å². The molecule has 22 heavy (non-hydrogen) atoms. The fraction of sp³-hybridized carbons (Fsp3) is 0.467. The lowest BCUT2D eigenvalue weighted by molar-refractivity contribution is -0.134. The summed E-state index contributed by atoms with van der Waals surface area (Å²) in [7, 11) is 0. The molecular formula is C15H19N5O2. The number of carbonyl (C=O) groups is 1. The van der Waals surface area contributed by atoms with Crippen molar-refractivity contribution in [3.8, 4) is 11.5 Å². The first kappa shape index (κ1) is 14.6. The van der Waals surface area contributed by atoms with E-state index in [0.717, 1.165) is 19.6 Å². The van der Waals surface area contributed by atoms with Crippen LogP contribution in [0.25, 0.3) is 11.5 Å². The third kappa shape index (κ3) is 3.30. The van der Waals surface area contributed by atoms with Gasteiger partial charge in [-0.3, -0.25) is 9.78 Å². The summed E-state index contributed by atoms with van der Waals surface area (Å²) in [5, 5.41) is 7.18. The Balaban J connectivity index is 1.58. The number of pyridine rings is 1. The number of piperazine rings is 1. The van der Waals surface area contributed by atoms with Gasteiger partial charge >= 0.3 is 0 Å². The first-order valence-corrected chi connectivity index (χ1v) is 7.48. The normalized spacial score (nSPS) is 18.4. The summed E-state index contributed by atoms with van der Waals surface area (Å²) in [6.45, 7) is 4.50. The number of nitrogens with one attached hydrogen (secondary N) is 1. The van der Waals surface area contributed by atoms with E-state index >= 15 is 0 Å². The van der Waals surface area contributed by atoms with Crippen molar-refractivity contribution in [2.24, 2.45) is 0 Å². The molecule has 1 aliphatic heterocycles. The number of aryl methyl sites for hydroxylation is 1. The Morgan fingerprint density at radius 3 is 3.18 bits per heavy atom. The van der Waals surface area contributed by atoms with Gasteiger partial charge in [0.1, 0.15) is 5.69 Å². The molecule has 3 rings (SSSR count). The molecule has 1 saturated heterocycles. The Bertz CT molecular complexity index is 628. The predicted octanol–water partition coefficient (Wildman–Crippen LogP) is 0.884. The van der Waals surface area contributed by atoms with Crippen molar-refractivity contribution in [1.82, 2.24) is 25.3 Å². The molecule has 1 fully saturated rings. The molecule has 0 aliphatic carbocycles. The van der Waals surface area contributed by atoms with Crippen molar-refractivity contribution < 1.29 is 9.32 Å². The molecule has 7 heteroatoms. The SMILES string of the molecule is CC1CNCCN1C(=O)CCc1nc(-c2ccccn2)no1. The van der Waals surface area contributed by atoms with Crippen LogP contribution in [-0.2, 0) is 11.2 Å². The molecule has 1 atom stereocenters. The van der Waals surface area contributed by atoms with Crippen molar-refractivity contribution in [3.05, 3.63) is 30.3 Å². The highest BCUT2D eigenvalue weighted by atomic mass is 16.5. The highest BCUT2D eigenvalue weighted by molar-refractivity contribution is 5.76. The fourth-order valence-electron chi connectivity index (χ4n) is 2.52. The van der Waals surface area contributed by atoms with Crippen LogP contribution in [0.4, 0.5) is 0 Å². The van der Waals surface area contributed by atoms with Gasteiger partial charge < -0.3 is 14.7 Å². The molecule has 0 radical (unpaired) electrons. The average molecular weight is 301 g/mol. The van der Waals surface area contributed by atoms with Crippen LogP contribution in [0.3, 0.4) is 0 Å². The van der Waals surface area contributed by atoms with Gasteiger partial charge in [0.2, 0.25) is 17.6 Å². The van der Waals surface area contributed by atoms with Crippen LogP contribution >= 0.6 is 0 Å². The maximum atomic E-state index is 12.3. The predicted molar refractivity (Wildman–Crippen MR) is 79.9 cm³/mol. The molecule has 0 aromatic carbocycles. The van der Waals surface area contributed by atoms with Gasteiger partial charge in [-0.15, -0.1) is 0 Å². The van der Waals surface area contributed by atoms with E-state index in [-0.39, 0.29) is 11.9 Å². The summed E-state index contributed by atoms with van der Waals surface area (Å²) in [6, 6.07) is 5.75. The van der Waals surface area contributed by atoms with E-state index in [2.05, 4.69) is 27.4 Å². The number of rotatable bonds is 4. The molecular weight excluding hydrogens is 282 g/mol. The van der Waals surface area contributed by atoms with Gasteiger partial charge in [-0.2, -0.15) is 4.98 Å². The zero-order valence-corrected chi connectivity index (χ0v) is 12.5. The molecule has 0 bridgehead atoms. The maximum Gasteiger partial charge on any atom is 0.227 e. The number of hydrogen-bond acceptors (Lipinski definition) is 6. The second-order valence-electron chi connectivity index (χ2n) is 5.37. The van der Waals surface area contributed by atoms with Crippen LogP contribution in [0.5, 0.6) is 0 Å². The van der Waals surface area contributed by atoms with Gasteiger partial charge in [-0.25, -0.2) is 0 Å². The Hall–Kier alpha value is -2.28. The molecule has 3 heterocycles. The van der Waals surface area contributed by atoms with Crippen molar-refractivity contribution in [2.75, 3.05) is 19.6 Å². The summed E-state index contributed by atoms with van der Waals surface area (Å²) in [5.41, 5.74) is 0.666. The van der Waals surface area contributed by atoms with Crippen LogP contribution in [-0.4, -0.2) is 51.6 Å². The summed E-state index contributed by atoms with van der Waals surface area (Å²) in [6.07, 6.45) is 2.52. The molecule has 1 N–H and O–H groups in total. The van der Waals surface area contributed by atoms with Gasteiger partial charge in [-0.1, -0.05) is 11.2 Å². The molecule has 0 saturated carbocycles. The van der Waals surface area contributed by atoms with Gasteiger partial charge in [0.05, 0.1) is 0 Å². The van der Waals surface area contributed by atoms with E-state index < -0.39 is 0 Å². The molecule has 1 amide bonds. The van der Waals surface area contributed by atoms with Crippen LogP contribution in [0.15, 0.2) is 28.9 Å². The standard InChI is InChI=1S/C15H19N5O2/c1-11-10-16-8-9-20(11)14(21)6-5-13-18-15(19-22-13)12-4-2-3-7-17-12/h2-4,7,11,16H,5-6,8-10H2,1H3. The van der Waals surface area contributed by atoms with Crippen molar-refractivity contribution in [2.45, 2.75) is 25.8 Å².